The maximum atomic E-state index is 5.84. The Morgan fingerprint density at radius 3 is 3.21 bits per heavy atom. The van der Waals surface area contributed by atoms with Gasteiger partial charge >= 0.3 is 0 Å². The third-order valence-electron chi connectivity index (χ3n) is 4.05. The second-order valence-electron chi connectivity index (χ2n) is 5.15. The van der Waals surface area contributed by atoms with Crippen LogP contribution in [-0.4, -0.2) is 25.2 Å². The number of hydrogen-bond donors (Lipinski definition) is 1. The van der Waals surface area contributed by atoms with Gasteiger partial charge in [-0.05, 0) is 37.5 Å². The highest BCUT2D eigenvalue weighted by atomic mass is 16.7. The monoisotopic (exact) mass is 257 g/mol. The summed E-state index contributed by atoms with van der Waals surface area (Å²) in [5, 5.41) is 3.37. The number of benzene rings is 1. The zero-order valence-electron chi connectivity index (χ0n) is 10.6. The summed E-state index contributed by atoms with van der Waals surface area (Å²) in [6.07, 6.45) is 3.34. The minimum Gasteiger partial charge on any atom is -0.454 e. The average Bonchev–Trinajstić information content (AvgIpc) is 3.10. The van der Waals surface area contributed by atoms with E-state index in [4.69, 9.17) is 14.2 Å². The van der Waals surface area contributed by atoms with Gasteiger partial charge in [-0.15, -0.1) is 0 Å². The summed E-state index contributed by atoms with van der Waals surface area (Å²) in [7, 11) is 0. The van der Waals surface area contributed by atoms with Gasteiger partial charge in [-0.1, -0.05) is 11.8 Å². The molecule has 1 aliphatic carbocycles. The second-order valence-corrected chi connectivity index (χ2v) is 5.15. The van der Waals surface area contributed by atoms with E-state index in [-0.39, 0.29) is 5.60 Å². The lowest BCUT2D eigenvalue weighted by atomic mass is 9.98. The maximum absolute atomic E-state index is 5.84. The van der Waals surface area contributed by atoms with Gasteiger partial charge in [0.15, 0.2) is 11.5 Å². The third kappa shape index (κ3) is 1.78. The standard InChI is InChI=1S/C15H15NO3/c1-2-14-15(6-1,19-9-16-14)7-5-11-3-4-12-13(8-11)18-10-17-12/h3-4,8,14,16H,1-2,6,9-10H2/t14-,15-/m0/s1. The first-order valence-electron chi connectivity index (χ1n) is 6.66. The van der Waals surface area contributed by atoms with E-state index in [2.05, 4.69) is 17.2 Å². The predicted molar refractivity (Wildman–Crippen MR) is 68.9 cm³/mol. The summed E-state index contributed by atoms with van der Waals surface area (Å²) in [4.78, 5) is 0. The van der Waals surface area contributed by atoms with E-state index in [0.717, 1.165) is 29.9 Å². The van der Waals surface area contributed by atoms with Gasteiger partial charge < -0.3 is 14.2 Å². The molecule has 0 amide bonds. The molecule has 98 valence electrons. The summed E-state index contributed by atoms with van der Waals surface area (Å²) in [6.45, 7) is 0.908. The first-order chi connectivity index (χ1) is 9.36. The topological polar surface area (TPSA) is 39.7 Å². The first kappa shape index (κ1) is 11.2. The molecule has 0 spiro atoms. The van der Waals surface area contributed by atoms with Gasteiger partial charge in [-0.25, -0.2) is 0 Å². The fourth-order valence-electron chi connectivity index (χ4n) is 3.02. The van der Waals surface area contributed by atoms with Crippen molar-refractivity contribution in [2.45, 2.75) is 30.9 Å². The molecule has 3 aliphatic rings. The van der Waals surface area contributed by atoms with Crippen LogP contribution in [0, 0.1) is 11.8 Å². The van der Waals surface area contributed by atoms with E-state index in [1.165, 1.54) is 6.42 Å². The van der Waals surface area contributed by atoms with E-state index < -0.39 is 0 Å². The lowest BCUT2D eigenvalue weighted by Gasteiger charge is -2.20. The SMILES string of the molecule is C(#C[C@@]12CCC[C@@H]1NCO2)c1ccc2c(c1)OCO2. The van der Waals surface area contributed by atoms with Crippen LogP contribution in [0.1, 0.15) is 24.8 Å². The van der Waals surface area contributed by atoms with E-state index in [1.807, 2.05) is 18.2 Å². The molecule has 0 unspecified atom stereocenters. The van der Waals surface area contributed by atoms with E-state index in [0.29, 0.717) is 19.6 Å². The molecular weight excluding hydrogens is 242 g/mol. The summed E-state index contributed by atoms with van der Waals surface area (Å²) in [6, 6.07) is 6.18. The molecule has 4 heteroatoms. The highest BCUT2D eigenvalue weighted by Gasteiger charge is 2.46. The second kappa shape index (κ2) is 4.16. The molecule has 1 N–H and O–H groups in total. The third-order valence-corrected chi connectivity index (χ3v) is 4.05. The number of rotatable bonds is 0. The molecule has 2 aliphatic heterocycles. The smallest absolute Gasteiger partial charge is 0.231 e. The fourth-order valence-corrected chi connectivity index (χ4v) is 3.02. The maximum Gasteiger partial charge on any atom is 0.231 e. The number of fused-ring (bicyclic) bond motifs is 2. The van der Waals surface area contributed by atoms with E-state index >= 15 is 0 Å². The molecule has 1 saturated heterocycles. The molecule has 2 fully saturated rings. The molecule has 2 atom stereocenters. The minimum atomic E-state index is -0.281. The van der Waals surface area contributed by atoms with Crippen molar-refractivity contribution in [2.24, 2.45) is 0 Å². The minimum absolute atomic E-state index is 0.281. The Balaban J connectivity index is 1.63. The molecule has 1 aromatic carbocycles. The highest BCUT2D eigenvalue weighted by Crippen LogP contribution is 2.36. The number of nitrogens with one attached hydrogen (secondary N) is 1. The zero-order valence-corrected chi connectivity index (χ0v) is 10.6. The van der Waals surface area contributed by atoms with Crippen LogP contribution >= 0.6 is 0 Å². The molecular formula is C15H15NO3. The molecule has 19 heavy (non-hydrogen) atoms. The summed E-state index contributed by atoms with van der Waals surface area (Å²) in [5.74, 6) is 8.13. The van der Waals surface area contributed by atoms with Crippen molar-refractivity contribution in [1.29, 1.82) is 0 Å². The molecule has 0 bridgehead atoms. The predicted octanol–water partition coefficient (Wildman–Crippen LogP) is 1.64. The van der Waals surface area contributed by atoms with Crippen LogP contribution in [0.25, 0.3) is 0 Å². The van der Waals surface area contributed by atoms with Gasteiger partial charge in [0, 0.05) is 11.6 Å². The van der Waals surface area contributed by atoms with Crippen LogP contribution in [0.2, 0.25) is 0 Å². The van der Waals surface area contributed by atoms with Gasteiger partial charge in [0.25, 0.3) is 0 Å². The average molecular weight is 257 g/mol. The van der Waals surface area contributed by atoms with Gasteiger partial charge in [0.2, 0.25) is 6.79 Å². The molecule has 2 heterocycles. The van der Waals surface area contributed by atoms with Crippen molar-refractivity contribution in [2.75, 3.05) is 13.5 Å². The summed E-state index contributed by atoms with van der Waals surface area (Å²) < 4.78 is 16.5. The van der Waals surface area contributed by atoms with Crippen LogP contribution in [0.15, 0.2) is 18.2 Å². The van der Waals surface area contributed by atoms with E-state index in [9.17, 15) is 0 Å². The molecule has 0 aromatic heterocycles. The van der Waals surface area contributed by atoms with Crippen molar-refractivity contribution in [3.05, 3.63) is 23.8 Å². The Kier molecular flexibility index (Phi) is 2.44. The number of hydrogen-bond acceptors (Lipinski definition) is 4. The van der Waals surface area contributed by atoms with E-state index in [1.54, 1.807) is 0 Å². The molecule has 1 aromatic rings. The largest absolute Gasteiger partial charge is 0.454 e. The highest BCUT2D eigenvalue weighted by molar-refractivity contribution is 5.50. The Bertz CT molecular complexity index is 562. The van der Waals surface area contributed by atoms with Crippen molar-refractivity contribution in [3.63, 3.8) is 0 Å². The summed E-state index contributed by atoms with van der Waals surface area (Å²) in [5.41, 5.74) is 0.663. The van der Waals surface area contributed by atoms with Crippen LogP contribution < -0.4 is 14.8 Å². The van der Waals surface area contributed by atoms with Gasteiger partial charge in [0.05, 0.1) is 6.73 Å². The molecule has 0 radical (unpaired) electrons. The van der Waals surface area contributed by atoms with Crippen LogP contribution in [-0.2, 0) is 4.74 Å². The summed E-state index contributed by atoms with van der Waals surface area (Å²) >= 11 is 0. The Hall–Kier alpha value is -1.70. The first-order valence-corrected chi connectivity index (χ1v) is 6.66. The molecule has 1 saturated carbocycles. The lowest BCUT2D eigenvalue weighted by Crippen LogP contribution is -2.37. The van der Waals surface area contributed by atoms with Gasteiger partial charge in [-0.2, -0.15) is 0 Å². The molecule has 4 nitrogen and oxygen atoms in total. The van der Waals surface area contributed by atoms with Crippen LogP contribution in [0.4, 0.5) is 0 Å². The van der Waals surface area contributed by atoms with Gasteiger partial charge in [-0.3, -0.25) is 5.32 Å². The fraction of sp³-hybridized carbons (Fsp3) is 0.467. The number of ether oxygens (including phenoxy) is 3. The molecule has 4 rings (SSSR count). The Morgan fingerprint density at radius 2 is 2.21 bits per heavy atom. The van der Waals surface area contributed by atoms with Crippen molar-refractivity contribution >= 4 is 0 Å². The Morgan fingerprint density at radius 1 is 1.26 bits per heavy atom. The van der Waals surface area contributed by atoms with Crippen molar-refractivity contribution < 1.29 is 14.2 Å². The van der Waals surface area contributed by atoms with Gasteiger partial charge in [0.1, 0.15) is 5.60 Å². The lowest BCUT2D eigenvalue weighted by molar-refractivity contribution is 0.0533. The quantitative estimate of drug-likeness (QED) is 0.717. The van der Waals surface area contributed by atoms with Crippen molar-refractivity contribution in [3.8, 4) is 23.3 Å². The van der Waals surface area contributed by atoms with Crippen LogP contribution in [0.5, 0.6) is 11.5 Å². The van der Waals surface area contributed by atoms with Crippen LogP contribution in [0.3, 0.4) is 0 Å². The normalized spacial score (nSPS) is 30.8. The van der Waals surface area contributed by atoms with Crippen molar-refractivity contribution in [1.82, 2.24) is 5.32 Å². The Labute approximate surface area is 112 Å². The zero-order chi connectivity index (χ0) is 12.7.